The molecule has 2 amide bonds. The number of anilines is 1. The summed E-state index contributed by atoms with van der Waals surface area (Å²) >= 11 is 4.41. The number of thiol groups is 1. The molecule has 0 saturated carbocycles. The third-order valence-electron chi connectivity index (χ3n) is 4.78. The van der Waals surface area contributed by atoms with E-state index < -0.39 is 23.6 Å². The number of carboxylic acid groups (broad SMARTS) is 1. The summed E-state index contributed by atoms with van der Waals surface area (Å²) in [4.78, 5) is 37.5. The van der Waals surface area contributed by atoms with Gasteiger partial charge in [-0.2, -0.15) is 0 Å². The first-order chi connectivity index (χ1) is 15.4. The molecule has 0 unspecified atom stereocenters. The number of methoxy groups -OCH3 is 1. The summed E-state index contributed by atoms with van der Waals surface area (Å²) in [5.41, 5.74) is 1.11. The number of urea groups is 1. The van der Waals surface area contributed by atoms with E-state index in [-0.39, 0.29) is 12.1 Å². The van der Waals surface area contributed by atoms with E-state index in [1.165, 1.54) is 17.7 Å². The van der Waals surface area contributed by atoms with Crippen LogP contribution in [-0.2, 0) is 11.3 Å². The van der Waals surface area contributed by atoms with Gasteiger partial charge in [0.15, 0.2) is 0 Å². The predicted octanol–water partition coefficient (Wildman–Crippen LogP) is 3.53. The van der Waals surface area contributed by atoms with Crippen molar-refractivity contribution in [2.75, 3.05) is 12.4 Å². The average Bonchev–Trinajstić information content (AvgIpc) is 2.77. The van der Waals surface area contributed by atoms with E-state index >= 15 is 0 Å². The first kappa shape index (κ1) is 23.0. The number of amides is 2. The van der Waals surface area contributed by atoms with Crippen LogP contribution in [0.5, 0.6) is 5.75 Å². The van der Waals surface area contributed by atoms with Crippen molar-refractivity contribution < 1.29 is 19.4 Å². The smallest absolute Gasteiger partial charge is 0.319 e. The van der Waals surface area contributed by atoms with Gasteiger partial charge in [0.25, 0.3) is 5.56 Å². The molecule has 1 atom stereocenters. The fourth-order valence-corrected chi connectivity index (χ4v) is 3.42. The number of pyridine rings is 1. The van der Waals surface area contributed by atoms with Gasteiger partial charge in [-0.05, 0) is 41.5 Å². The van der Waals surface area contributed by atoms with Crippen molar-refractivity contribution in [3.8, 4) is 5.75 Å². The molecule has 0 bridgehead atoms. The summed E-state index contributed by atoms with van der Waals surface area (Å²) < 4.78 is 6.63. The minimum absolute atomic E-state index is 0.0707. The van der Waals surface area contributed by atoms with Crippen molar-refractivity contribution in [2.24, 2.45) is 0 Å². The summed E-state index contributed by atoms with van der Waals surface area (Å²) in [6, 6.07) is 15.8. The van der Waals surface area contributed by atoms with Crippen molar-refractivity contribution in [3.63, 3.8) is 0 Å². The molecule has 0 radical (unpaired) electrons. The molecule has 0 fully saturated rings. The maximum atomic E-state index is 12.8. The van der Waals surface area contributed by atoms with Gasteiger partial charge in [-0.25, -0.2) is 4.79 Å². The number of hydrogen-bond acceptors (Lipinski definition) is 5. The van der Waals surface area contributed by atoms with Gasteiger partial charge < -0.3 is 25.0 Å². The van der Waals surface area contributed by atoms with E-state index in [2.05, 4.69) is 23.3 Å². The number of nitrogens with one attached hydrogen (secondary N) is 2. The van der Waals surface area contributed by atoms with E-state index in [4.69, 9.17) is 4.74 Å². The monoisotopic (exact) mass is 453 g/mol. The SMILES string of the molecule is COc1cccc([C@H](CC(=O)O)NC(=O)Nc2cccn(Cc3ccccc3S)c2=O)c1. The molecule has 0 aliphatic rings. The van der Waals surface area contributed by atoms with Crippen LogP contribution >= 0.6 is 12.6 Å². The highest BCUT2D eigenvalue weighted by Gasteiger charge is 2.19. The predicted molar refractivity (Wildman–Crippen MR) is 124 cm³/mol. The van der Waals surface area contributed by atoms with Crippen LogP contribution in [0.15, 0.2) is 76.6 Å². The molecule has 2 aromatic carbocycles. The molecule has 3 N–H and O–H groups in total. The largest absolute Gasteiger partial charge is 0.497 e. The van der Waals surface area contributed by atoms with Gasteiger partial charge in [0, 0.05) is 11.1 Å². The van der Waals surface area contributed by atoms with Crippen LogP contribution in [0.2, 0.25) is 0 Å². The molecule has 1 heterocycles. The molecule has 1 aromatic heterocycles. The molecule has 9 heteroatoms. The molecule has 166 valence electrons. The lowest BCUT2D eigenvalue weighted by Gasteiger charge is -2.19. The summed E-state index contributed by atoms with van der Waals surface area (Å²) in [6.07, 6.45) is 1.29. The Morgan fingerprint density at radius 1 is 1.12 bits per heavy atom. The number of aromatic nitrogens is 1. The van der Waals surface area contributed by atoms with Crippen LogP contribution in [0.4, 0.5) is 10.5 Å². The Hall–Kier alpha value is -3.72. The minimum Gasteiger partial charge on any atom is -0.497 e. The first-order valence-corrected chi connectivity index (χ1v) is 10.2. The Labute approximate surface area is 190 Å². The van der Waals surface area contributed by atoms with Gasteiger partial charge in [0.1, 0.15) is 11.4 Å². The van der Waals surface area contributed by atoms with Crippen LogP contribution < -0.4 is 20.9 Å². The van der Waals surface area contributed by atoms with E-state index in [1.807, 2.05) is 24.3 Å². The zero-order chi connectivity index (χ0) is 23.1. The van der Waals surface area contributed by atoms with Crippen LogP contribution in [0.25, 0.3) is 0 Å². The zero-order valence-corrected chi connectivity index (χ0v) is 18.2. The van der Waals surface area contributed by atoms with Crippen LogP contribution in [0, 0.1) is 0 Å². The molecule has 3 aromatic rings. The molecular formula is C23H23N3O5S. The standard InChI is InChI=1S/C23H23N3O5S/c1-31-17-8-4-7-15(12-17)19(13-21(27)28)25-23(30)24-18-9-5-11-26(22(18)29)14-16-6-2-3-10-20(16)32/h2-12,19,32H,13-14H2,1H3,(H,27,28)(H2,24,25,30)/t19-/m0/s1. The van der Waals surface area contributed by atoms with Crippen molar-refractivity contribution in [2.45, 2.75) is 23.9 Å². The highest BCUT2D eigenvalue weighted by molar-refractivity contribution is 7.80. The number of hydrogen-bond donors (Lipinski definition) is 4. The summed E-state index contributed by atoms with van der Waals surface area (Å²) in [5.74, 6) is -0.541. The molecule has 0 saturated heterocycles. The number of carbonyl (C=O) groups excluding carboxylic acids is 1. The molecule has 8 nitrogen and oxygen atoms in total. The van der Waals surface area contributed by atoms with Gasteiger partial charge in [0.05, 0.1) is 26.1 Å². The third kappa shape index (κ3) is 5.92. The minimum atomic E-state index is -1.08. The van der Waals surface area contributed by atoms with Crippen molar-refractivity contribution in [3.05, 3.63) is 88.3 Å². The Morgan fingerprint density at radius 2 is 1.91 bits per heavy atom. The maximum Gasteiger partial charge on any atom is 0.319 e. The Balaban J connectivity index is 1.77. The van der Waals surface area contributed by atoms with Gasteiger partial charge >= 0.3 is 12.0 Å². The van der Waals surface area contributed by atoms with Gasteiger partial charge in [-0.3, -0.25) is 9.59 Å². The highest BCUT2D eigenvalue weighted by Crippen LogP contribution is 2.22. The second kappa shape index (κ2) is 10.5. The fourth-order valence-electron chi connectivity index (χ4n) is 3.19. The highest BCUT2D eigenvalue weighted by atomic mass is 32.1. The van der Waals surface area contributed by atoms with E-state index in [0.29, 0.717) is 17.9 Å². The Bertz CT molecular complexity index is 1180. The maximum absolute atomic E-state index is 12.8. The summed E-state index contributed by atoms with van der Waals surface area (Å²) in [6.45, 7) is 0.293. The zero-order valence-electron chi connectivity index (χ0n) is 17.3. The first-order valence-electron chi connectivity index (χ1n) is 9.77. The quantitative estimate of drug-likeness (QED) is 0.390. The van der Waals surface area contributed by atoms with Crippen LogP contribution in [0.1, 0.15) is 23.6 Å². The summed E-state index contributed by atoms with van der Waals surface area (Å²) in [7, 11) is 1.50. The molecule has 0 aliphatic carbocycles. The Morgan fingerprint density at radius 3 is 2.62 bits per heavy atom. The van der Waals surface area contributed by atoms with Gasteiger partial charge in [0.2, 0.25) is 0 Å². The molecule has 0 spiro atoms. The van der Waals surface area contributed by atoms with Gasteiger partial charge in [-0.15, -0.1) is 12.6 Å². The summed E-state index contributed by atoms with van der Waals surface area (Å²) in [5, 5.41) is 14.4. The molecule has 3 rings (SSSR count). The number of carbonyl (C=O) groups is 2. The number of ether oxygens (including phenoxy) is 1. The fraction of sp³-hybridized carbons (Fsp3) is 0.174. The number of nitrogens with zero attached hydrogens (tertiary/aromatic N) is 1. The van der Waals surface area contributed by atoms with Crippen molar-refractivity contribution in [1.82, 2.24) is 9.88 Å². The number of benzene rings is 2. The topological polar surface area (TPSA) is 110 Å². The lowest BCUT2D eigenvalue weighted by Crippen LogP contribution is -2.36. The lowest BCUT2D eigenvalue weighted by atomic mass is 10.0. The van der Waals surface area contributed by atoms with E-state index in [9.17, 15) is 19.5 Å². The Kier molecular flexibility index (Phi) is 7.56. The average molecular weight is 454 g/mol. The molecule has 0 aliphatic heterocycles. The number of aliphatic carboxylic acids is 1. The molecule has 32 heavy (non-hydrogen) atoms. The van der Waals surface area contributed by atoms with Crippen molar-refractivity contribution >= 4 is 30.3 Å². The van der Waals surface area contributed by atoms with Gasteiger partial charge in [-0.1, -0.05) is 30.3 Å². The van der Waals surface area contributed by atoms with Crippen molar-refractivity contribution in [1.29, 1.82) is 0 Å². The third-order valence-corrected chi connectivity index (χ3v) is 5.22. The number of rotatable bonds is 8. The van der Waals surface area contributed by atoms with E-state index in [0.717, 1.165) is 10.5 Å². The van der Waals surface area contributed by atoms with E-state index in [1.54, 1.807) is 36.5 Å². The second-order valence-electron chi connectivity index (χ2n) is 7.01. The normalized spacial score (nSPS) is 11.4. The molecular weight excluding hydrogens is 430 g/mol. The lowest BCUT2D eigenvalue weighted by molar-refractivity contribution is -0.137. The van der Waals surface area contributed by atoms with Crippen LogP contribution in [-0.4, -0.2) is 28.8 Å². The second-order valence-corrected chi connectivity index (χ2v) is 7.49. The van der Waals surface area contributed by atoms with Crippen LogP contribution in [0.3, 0.4) is 0 Å². The number of carboxylic acids is 1.